The Balaban J connectivity index is 1.35. The largest absolute Gasteiger partial charge is 0.463 e. The summed E-state index contributed by atoms with van der Waals surface area (Å²) in [6.45, 7) is 5.25. The normalized spacial score (nSPS) is 29.2. The molecule has 0 saturated carbocycles. The second-order valence-corrected chi connectivity index (χ2v) is 8.11. The van der Waals surface area contributed by atoms with E-state index in [2.05, 4.69) is 25.3 Å². The highest BCUT2D eigenvalue weighted by Crippen LogP contribution is 2.29. The first-order valence-corrected chi connectivity index (χ1v) is 10.1. The molecule has 8 heteroatoms. The smallest absolute Gasteiger partial charge is 0.293 e. The maximum absolute atomic E-state index is 12.9. The Morgan fingerprint density at radius 2 is 2.07 bits per heavy atom. The molecule has 5 heterocycles. The minimum Gasteiger partial charge on any atom is -0.463 e. The Hall–Kier alpha value is -2.61. The van der Waals surface area contributed by atoms with Gasteiger partial charge in [-0.15, -0.1) is 0 Å². The van der Waals surface area contributed by atoms with Gasteiger partial charge in [0.1, 0.15) is 6.10 Å². The second kappa shape index (κ2) is 7.09. The molecule has 1 aromatic heterocycles. The lowest BCUT2D eigenvalue weighted by atomic mass is 9.84. The fraction of sp³-hybridized carbons (Fsp3) is 0.550. The molecule has 8 nitrogen and oxygen atoms in total. The number of nitrogens with one attached hydrogen (secondary N) is 2. The predicted octanol–water partition coefficient (Wildman–Crippen LogP) is 1.14. The van der Waals surface area contributed by atoms with Crippen molar-refractivity contribution >= 4 is 29.0 Å². The molecule has 4 saturated heterocycles. The van der Waals surface area contributed by atoms with Crippen LogP contribution in [0, 0.1) is 5.92 Å². The van der Waals surface area contributed by atoms with Crippen molar-refractivity contribution in [1.82, 2.24) is 20.4 Å². The number of carbonyl (C=O) groups excluding carboxylic acids is 2. The average Bonchev–Trinajstić information content (AvgIpc) is 3.35. The van der Waals surface area contributed by atoms with Crippen molar-refractivity contribution in [2.45, 2.75) is 31.4 Å². The summed E-state index contributed by atoms with van der Waals surface area (Å²) in [5.74, 6) is 0.472. The van der Waals surface area contributed by atoms with Crippen LogP contribution in [0.1, 0.15) is 29.8 Å². The number of H-pyrrole nitrogens is 1. The van der Waals surface area contributed by atoms with Crippen molar-refractivity contribution in [1.29, 1.82) is 0 Å². The molecule has 0 aliphatic carbocycles. The molecule has 0 radical (unpaired) electrons. The van der Waals surface area contributed by atoms with Crippen LogP contribution < -0.4 is 10.2 Å². The molecule has 2 N–H and O–H groups in total. The minimum absolute atomic E-state index is 0.0722. The molecule has 28 heavy (non-hydrogen) atoms. The lowest BCUT2D eigenvalue weighted by molar-refractivity contribution is -0.132. The van der Waals surface area contributed by atoms with E-state index in [9.17, 15) is 9.59 Å². The molecule has 2 aromatic rings. The lowest BCUT2D eigenvalue weighted by Gasteiger charge is -2.44. The molecule has 2 atom stereocenters. The van der Waals surface area contributed by atoms with Crippen LogP contribution in [0.3, 0.4) is 0 Å². The molecule has 4 aliphatic rings. The van der Waals surface area contributed by atoms with Crippen LogP contribution >= 0.6 is 0 Å². The van der Waals surface area contributed by atoms with Crippen molar-refractivity contribution in [3.63, 3.8) is 0 Å². The summed E-state index contributed by atoms with van der Waals surface area (Å²) in [5.41, 5.74) is 2.32. The standard InChI is InChI=1S/C20H25N5O3/c26-12-28-15-5-8-25(10-15)14-1-2-17-16(9-14)19(23-22-17)20(27)21-18-11-24-6-3-13(18)4-7-24/h1-2,9,12-13,15,18H,3-8,10-11H2,(H,21,27)(H,22,23)/t15?,18-/m1/s1. The van der Waals surface area contributed by atoms with Crippen LogP contribution in [0.2, 0.25) is 0 Å². The van der Waals surface area contributed by atoms with Crippen LogP contribution in [0.4, 0.5) is 5.69 Å². The molecule has 4 fully saturated rings. The fourth-order valence-electron chi connectivity index (χ4n) is 4.89. The predicted molar refractivity (Wildman–Crippen MR) is 104 cm³/mol. The Labute approximate surface area is 163 Å². The number of fused-ring (bicyclic) bond motifs is 4. The zero-order valence-electron chi connectivity index (χ0n) is 15.8. The van der Waals surface area contributed by atoms with E-state index in [1.165, 1.54) is 0 Å². The molecule has 0 spiro atoms. The maximum atomic E-state index is 12.9. The zero-order chi connectivity index (χ0) is 19.1. The highest BCUT2D eigenvalue weighted by atomic mass is 16.5. The monoisotopic (exact) mass is 383 g/mol. The van der Waals surface area contributed by atoms with E-state index in [-0.39, 0.29) is 18.1 Å². The van der Waals surface area contributed by atoms with Gasteiger partial charge in [-0.1, -0.05) is 0 Å². The van der Waals surface area contributed by atoms with Crippen LogP contribution in [-0.4, -0.2) is 72.3 Å². The molecule has 2 bridgehead atoms. The van der Waals surface area contributed by atoms with Crippen molar-refractivity contribution in [3.05, 3.63) is 23.9 Å². The summed E-state index contributed by atoms with van der Waals surface area (Å²) in [6, 6.07) is 6.19. The van der Waals surface area contributed by atoms with E-state index in [1.807, 2.05) is 18.2 Å². The summed E-state index contributed by atoms with van der Waals surface area (Å²) in [6.07, 6.45) is 3.07. The third-order valence-electron chi connectivity index (χ3n) is 6.49. The van der Waals surface area contributed by atoms with E-state index in [1.54, 1.807) is 0 Å². The van der Waals surface area contributed by atoms with E-state index >= 15 is 0 Å². The molecule has 1 amide bonds. The van der Waals surface area contributed by atoms with Crippen LogP contribution in [0.25, 0.3) is 10.9 Å². The molecular weight excluding hydrogens is 358 g/mol. The van der Waals surface area contributed by atoms with Crippen LogP contribution in [-0.2, 0) is 9.53 Å². The number of benzene rings is 1. The number of aromatic amines is 1. The average molecular weight is 383 g/mol. The first kappa shape index (κ1) is 17.5. The van der Waals surface area contributed by atoms with Gasteiger partial charge in [0.2, 0.25) is 0 Å². The van der Waals surface area contributed by atoms with Crippen LogP contribution in [0.15, 0.2) is 18.2 Å². The number of ether oxygens (including phenoxy) is 1. The molecule has 4 aliphatic heterocycles. The highest BCUT2D eigenvalue weighted by molar-refractivity contribution is 6.05. The third kappa shape index (κ3) is 3.11. The van der Waals surface area contributed by atoms with E-state index in [4.69, 9.17) is 4.74 Å². The first-order chi connectivity index (χ1) is 13.7. The van der Waals surface area contributed by atoms with E-state index < -0.39 is 0 Å². The van der Waals surface area contributed by atoms with Gasteiger partial charge in [-0.05, 0) is 50.0 Å². The number of nitrogens with zero attached hydrogens (tertiary/aromatic N) is 3. The lowest BCUT2D eigenvalue weighted by Crippen LogP contribution is -2.57. The summed E-state index contributed by atoms with van der Waals surface area (Å²) in [4.78, 5) is 28.1. The number of anilines is 1. The number of aromatic nitrogens is 2. The Kier molecular flexibility index (Phi) is 4.43. The van der Waals surface area contributed by atoms with E-state index in [0.29, 0.717) is 24.6 Å². The van der Waals surface area contributed by atoms with Crippen molar-refractivity contribution in [3.8, 4) is 0 Å². The molecule has 1 unspecified atom stereocenters. The van der Waals surface area contributed by atoms with Crippen molar-refractivity contribution in [2.24, 2.45) is 5.92 Å². The Bertz CT molecular complexity index is 889. The van der Waals surface area contributed by atoms with E-state index in [0.717, 1.165) is 62.0 Å². The van der Waals surface area contributed by atoms with Gasteiger partial charge in [0.15, 0.2) is 5.69 Å². The SMILES string of the molecule is O=COC1CCN(c2ccc3[nH]nc(C(=O)N[C@@H]4CN5CCC4CC5)c3c2)C1. The van der Waals surface area contributed by atoms with Gasteiger partial charge in [-0.25, -0.2) is 0 Å². The number of hydrogen-bond acceptors (Lipinski definition) is 6. The summed E-state index contributed by atoms with van der Waals surface area (Å²) < 4.78 is 5.09. The van der Waals surface area contributed by atoms with Gasteiger partial charge in [0.25, 0.3) is 12.4 Å². The first-order valence-electron chi connectivity index (χ1n) is 10.1. The number of rotatable bonds is 5. The van der Waals surface area contributed by atoms with Crippen molar-refractivity contribution < 1.29 is 14.3 Å². The molecule has 148 valence electrons. The molecule has 1 aromatic carbocycles. The topological polar surface area (TPSA) is 90.6 Å². The van der Waals surface area contributed by atoms with Gasteiger partial charge < -0.3 is 19.9 Å². The molecule has 6 rings (SSSR count). The number of amides is 1. The maximum Gasteiger partial charge on any atom is 0.293 e. The fourth-order valence-corrected chi connectivity index (χ4v) is 4.89. The second-order valence-electron chi connectivity index (χ2n) is 8.11. The quantitative estimate of drug-likeness (QED) is 0.753. The van der Waals surface area contributed by atoms with Gasteiger partial charge >= 0.3 is 0 Å². The third-order valence-corrected chi connectivity index (χ3v) is 6.49. The number of hydrogen-bond donors (Lipinski definition) is 2. The number of piperidine rings is 3. The van der Waals surface area contributed by atoms with Gasteiger partial charge in [0.05, 0.1) is 12.1 Å². The minimum atomic E-state index is -0.106. The summed E-state index contributed by atoms with van der Waals surface area (Å²) in [7, 11) is 0. The van der Waals surface area contributed by atoms with Gasteiger partial charge in [-0.3, -0.25) is 14.7 Å². The van der Waals surface area contributed by atoms with Crippen LogP contribution in [0.5, 0.6) is 0 Å². The Morgan fingerprint density at radius 3 is 2.82 bits per heavy atom. The van der Waals surface area contributed by atoms with Gasteiger partial charge in [0, 0.05) is 36.6 Å². The highest BCUT2D eigenvalue weighted by Gasteiger charge is 2.35. The number of carbonyl (C=O) groups is 2. The summed E-state index contributed by atoms with van der Waals surface area (Å²) in [5, 5.41) is 11.3. The Morgan fingerprint density at radius 1 is 1.21 bits per heavy atom. The van der Waals surface area contributed by atoms with Crippen molar-refractivity contribution in [2.75, 3.05) is 37.6 Å². The zero-order valence-corrected chi connectivity index (χ0v) is 15.8. The van der Waals surface area contributed by atoms with Gasteiger partial charge in [-0.2, -0.15) is 5.10 Å². The molecular formula is C20H25N5O3. The summed E-state index contributed by atoms with van der Waals surface area (Å²) >= 11 is 0.